The molecule has 5 nitrogen and oxygen atoms in total. The molecule has 26 heavy (non-hydrogen) atoms. The number of halogens is 1. The predicted molar refractivity (Wildman–Crippen MR) is 101 cm³/mol. The van der Waals surface area contributed by atoms with Gasteiger partial charge in [-0.2, -0.15) is 0 Å². The van der Waals surface area contributed by atoms with Crippen LogP contribution in [0.1, 0.15) is 27.7 Å². The molecule has 132 valence electrons. The summed E-state index contributed by atoms with van der Waals surface area (Å²) in [5.74, 6) is -0.162. The summed E-state index contributed by atoms with van der Waals surface area (Å²) in [6.07, 6.45) is 0. The Morgan fingerprint density at radius 2 is 1.85 bits per heavy atom. The van der Waals surface area contributed by atoms with Gasteiger partial charge in [-0.3, -0.25) is 9.59 Å². The van der Waals surface area contributed by atoms with E-state index in [0.29, 0.717) is 29.7 Å². The molecule has 0 spiro atoms. The number of carbonyl (C=O) groups is 1. The van der Waals surface area contributed by atoms with E-state index in [1.54, 1.807) is 36.3 Å². The summed E-state index contributed by atoms with van der Waals surface area (Å²) in [5, 5.41) is 0.481. The van der Waals surface area contributed by atoms with Crippen LogP contribution < -0.4 is 5.43 Å². The largest absolute Gasteiger partial charge is 0.450 e. The second-order valence-corrected chi connectivity index (χ2v) is 7.03. The molecule has 0 saturated carbocycles. The Bertz CT molecular complexity index is 1040. The number of methoxy groups -OCH3 is 1. The van der Waals surface area contributed by atoms with E-state index in [2.05, 4.69) is 15.9 Å². The molecule has 1 atom stereocenters. The molecule has 0 radical (unpaired) electrons. The summed E-state index contributed by atoms with van der Waals surface area (Å²) >= 11 is 3.42. The van der Waals surface area contributed by atoms with Crippen LogP contribution in [-0.4, -0.2) is 31.1 Å². The molecule has 1 aromatic heterocycles. The quantitative estimate of drug-likeness (QED) is 0.653. The molecule has 2 heterocycles. The van der Waals surface area contributed by atoms with Crippen LogP contribution in [0.4, 0.5) is 0 Å². The average Bonchev–Trinajstić information content (AvgIpc) is 2.93. The second-order valence-electron chi connectivity index (χ2n) is 6.12. The van der Waals surface area contributed by atoms with Gasteiger partial charge in [-0.25, -0.2) is 0 Å². The molecule has 6 heteroatoms. The summed E-state index contributed by atoms with van der Waals surface area (Å²) in [7, 11) is 1.58. The minimum Gasteiger partial charge on any atom is -0.450 e. The van der Waals surface area contributed by atoms with Gasteiger partial charge in [-0.15, -0.1) is 0 Å². The predicted octanol–water partition coefficient (Wildman–Crippen LogP) is 3.75. The number of rotatable bonds is 4. The maximum atomic E-state index is 13.2. The van der Waals surface area contributed by atoms with Crippen molar-refractivity contribution in [2.24, 2.45) is 0 Å². The van der Waals surface area contributed by atoms with Crippen LogP contribution in [0.5, 0.6) is 0 Å². The first-order valence-corrected chi connectivity index (χ1v) is 9.02. The number of para-hydroxylation sites is 1. The maximum absolute atomic E-state index is 13.2. The molecule has 1 aliphatic heterocycles. The lowest BCUT2D eigenvalue weighted by molar-refractivity contribution is 0.0663. The summed E-state index contributed by atoms with van der Waals surface area (Å²) in [6, 6.07) is 14.1. The number of ether oxygens (including phenoxy) is 1. The molecule has 3 aromatic rings. The van der Waals surface area contributed by atoms with Gasteiger partial charge in [-0.05, 0) is 29.8 Å². The molecule has 0 fully saturated rings. The highest BCUT2D eigenvalue weighted by Gasteiger charge is 2.42. The Balaban J connectivity index is 1.96. The lowest BCUT2D eigenvalue weighted by atomic mass is 9.98. The minimum absolute atomic E-state index is 0.123. The number of hydrogen-bond donors (Lipinski definition) is 0. The van der Waals surface area contributed by atoms with Crippen molar-refractivity contribution in [1.82, 2.24) is 4.90 Å². The Labute approximate surface area is 158 Å². The number of amides is 1. The van der Waals surface area contributed by atoms with Gasteiger partial charge in [0.25, 0.3) is 5.91 Å². The Morgan fingerprint density at radius 3 is 2.58 bits per heavy atom. The van der Waals surface area contributed by atoms with Crippen molar-refractivity contribution >= 4 is 32.8 Å². The highest BCUT2D eigenvalue weighted by atomic mass is 79.9. The highest BCUT2D eigenvalue weighted by Crippen LogP contribution is 2.38. The molecule has 1 amide bonds. The Morgan fingerprint density at radius 1 is 1.12 bits per heavy atom. The third-order valence-electron chi connectivity index (χ3n) is 4.60. The van der Waals surface area contributed by atoms with Gasteiger partial charge < -0.3 is 14.1 Å². The third-order valence-corrected chi connectivity index (χ3v) is 5.12. The zero-order chi connectivity index (χ0) is 18.3. The molecule has 1 aliphatic rings. The maximum Gasteiger partial charge on any atom is 0.290 e. The molecular weight excluding hydrogens is 398 g/mol. The number of hydrogen-bond acceptors (Lipinski definition) is 4. The lowest BCUT2D eigenvalue weighted by Gasteiger charge is -2.24. The van der Waals surface area contributed by atoms with E-state index in [4.69, 9.17) is 9.15 Å². The zero-order valence-electron chi connectivity index (χ0n) is 14.1. The van der Waals surface area contributed by atoms with Gasteiger partial charge in [0, 0.05) is 18.1 Å². The number of nitrogens with zero attached hydrogens (tertiary/aromatic N) is 1. The third kappa shape index (κ3) is 2.66. The number of carbonyl (C=O) groups excluding carboxylic acids is 1. The van der Waals surface area contributed by atoms with Crippen LogP contribution in [0.15, 0.2) is 62.2 Å². The van der Waals surface area contributed by atoms with E-state index in [0.717, 1.165) is 10.0 Å². The van der Waals surface area contributed by atoms with Crippen molar-refractivity contribution in [1.29, 1.82) is 0 Å². The first-order chi connectivity index (χ1) is 12.6. The summed E-state index contributed by atoms with van der Waals surface area (Å²) < 4.78 is 11.9. The van der Waals surface area contributed by atoms with Crippen molar-refractivity contribution < 1.29 is 13.9 Å². The van der Waals surface area contributed by atoms with E-state index >= 15 is 0 Å². The van der Waals surface area contributed by atoms with Gasteiger partial charge in [0.1, 0.15) is 5.58 Å². The van der Waals surface area contributed by atoms with Crippen molar-refractivity contribution in [3.63, 3.8) is 0 Å². The molecule has 0 bridgehead atoms. The molecule has 0 N–H and O–H groups in total. The average molecular weight is 414 g/mol. The Hall–Kier alpha value is -2.44. The molecular formula is C20H16BrNO4. The van der Waals surface area contributed by atoms with Crippen LogP contribution in [-0.2, 0) is 4.74 Å². The molecule has 2 aromatic carbocycles. The van der Waals surface area contributed by atoms with Gasteiger partial charge in [0.05, 0.1) is 23.6 Å². The van der Waals surface area contributed by atoms with E-state index in [-0.39, 0.29) is 17.1 Å². The fourth-order valence-electron chi connectivity index (χ4n) is 3.38. The standard InChI is InChI=1S/C20H16BrNO4/c1-25-11-10-22-17(12-6-8-13(21)9-7-12)16-18(23)14-4-2-3-5-15(14)26-19(16)20(22)24/h2-9,17H,10-11H2,1H3. The summed E-state index contributed by atoms with van der Waals surface area (Å²) in [4.78, 5) is 27.8. The van der Waals surface area contributed by atoms with Crippen molar-refractivity contribution in [2.75, 3.05) is 20.3 Å². The SMILES string of the molecule is COCCN1C(=O)c2oc3ccccc3c(=O)c2C1c1ccc(Br)cc1. The van der Waals surface area contributed by atoms with E-state index < -0.39 is 6.04 Å². The minimum atomic E-state index is -0.485. The Kier molecular flexibility index (Phi) is 4.38. The monoisotopic (exact) mass is 413 g/mol. The van der Waals surface area contributed by atoms with Crippen LogP contribution in [0.25, 0.3) is 11.0 Å². The fourth-order valence-corrected chi connectivity index (χ4v) is 3.64. The smallest absolute Gasteiger partial charge is 0.290 e. The first kappa shape index (κ1) is 17.0. The summed E-state index contributed by atoms with van der Waals surface area (Å²) in [5.41, 5.74) is 1.52. The van der Waals surface area contributed by atoms with Gasteiger partial charge >= 0.3 is 0 Å². The first-order valence-electron chi connectivity index (χ1n) is 8.23. The lowest BCUT2D eigenvalue weighted by Crippen LogP contribution is -2.32. The van der Waals surface area contributed by atoms with Crippen LogP contribution >= 0.6 is 15.9 Å². The zero-order valence-corrected chi connectivity index (χ0v) is 15.7. The van der Waals surface area contributed by atoms with Crippen molar-refractivity contribution in [3.05, 3.63) is 80.1 Å². The normalized spacial score (nSPS) is 16.3. The highest BCUT2D eigenvalue weighted by molar-refractivity contribution is 9.10. The number of fused-ring (bicyclic) bond motifs is 2. The van der Waals surface area contributed by atoms with Gasteiger partial charge in [-0.1, -0.05) is 40.2 Å². The van der Waals surface area contributed by atoms with E-state index in [9.17, 15) is 9.59 Å². The number of benzene rings is 2. The van der Waals surface area contributed by atoms with E-state index in [1.807, 2.05) is 24.3 Å². The molecule has 1 unspecified atom stereocenters. The topological polar surface area (TPSA) is 59.8 Å². The van der Waals surface area contributed by atoms with Gasteiger partial charge in [0.2, 0.25) is 5.76 Å². The van der Waals surface area contributed by atoms with Crippen LogP contribution in [0.3, 0.4) is 0 Å². The summed E-state index contributed by atoms with van der Waals surface area (Å²) in [6.45, 7) is 0.747. The van der Waals surface area contributed by atoms with Gasteiger partial charge in [0.15, 0.2) is 5.43 Å². The van der Waals surface area contributed by atoms with Crippen LogP contribution in [0.2, 0.25) is 0 Å². The van der Waals surface area contributed by atoms with Crippen LogP contribution in [0, 0.1) is 0 Å². The van der Waals surface area contributed by atoms with Crippen molar-refractivity contribution in [3.8, 4) is 0 Å². The molecule has 0 aliphatic carbocycles. The molecule has 0 saturated heterocycles. The second kappa shape index (κ2) is 6.70. The fraction of sp³-hybridized carbons (Fsp3) is 0.200. The van der Waals surface area contributed by atoms with E-state index in [1.165, 1.54) is 0 Å². The molecule has 4 rings (SSSR count). The van der Waals surface area contributed by atoms with Crippen molar-refractivity contribution in [2.45, 2.75) is 6.04 Å².